The molecule has 0 aliphatic carbocycles. The van der Waals surface area contributed by atoms with Gasteiger partial charge in [0.15, 0.2) is 0 Å². The number of benzene rings is 2. The molecule has 0 saturated heterocycles. The van der Waals surface area contributed by atoms with E-state index >= 15 is 0 Å². The number of thioether (sulfide) groups is 1. The predicted octanol–water partition coefficient (Wildman–Crippen LogP) is 4.44. The van der Waals surface area contributed by atoms with Crippen LogP contribution in [-0.4, -0.2) is 35.2 Å². The second-order valence-electron chi connectivity index (χ2n) is 6.24. The minimum atomic E-state index is -1.15. The van der Waals surface area contributed by atoms with Crippen LogP contribution in [0.25, 0.3) is 0 Å². The van der Waals surface area contributed by atoms with Crippen LogP contribution in [0.4, 0.5) is 11.4 Å². The molecule has 2 rings (SSSR count). The molecule has 158 valence electrons. The van der Waals surface area contributed by atoms with E-state index in [1.807, 2.05) is 0 Å². The molecule has 2 aromatic rings. The zero-order valence-corrected chi connectivity index (χ0v) is 18.1. The predicted molar refractivity (Wildman–Crippen MR) is 118 cm³/mol. The normalized spacial score (nSPS) is 12.1. The topological polar surface area (TPSA) is 105 Å². The van der Waals surface area contributed by atoms with Gasteiger partial charge in [0, 0.05) is 27.9 Å². The van der Waals surface area contributed by atoms with Gasteiger partial charge in [-0.15, -0.1) is 11.8 Å². The van der Waals surface area contributed by atoms with Gasteiger partial charge in [-0.05, 0) is 56.3 Å². The summed E-state index contributed by atoms with van der Waals surface area (Å²) in [5.41, 5.74) is 1.03. The largest absolute Gasteiger partial charge is 0.495 e. The van der Waals surface area contributed by atoms with Crippen LogP contribution in [0.3, 0.4) is 0 Å². The van der Waals surface area contributed by atoms with Crippen LogP contribution in [0.2, 0.25) is 5.02 Å². The number of halogens is 1. The fourth-order valence-electron chi connectivity index (χ4n) is 2.30. The van der Waals surface area contributed by atoms with Crippen molar-refractivity contribution in [2.24, 2.45) is 0 Å². The summed E-state index contributed by atoms with van der Waals surface area (Å²) in [7, 11) is 1.52. The molecule has 1 atom stereocenters. The number of methoxy groups -OCH3 is 1. The maximum atomic E-state index is 12.4. The van der Waals surface area contributed by atoms with Crippen LogP contribution in [0, 0.1) is 0 Å². The highest BCUT2D eigenvalue weighted by molar-refractivity contribution is 8.00. The molecular weight excluding hydrogens is 428 g/mol. The van der Waals surface area contributed by atoms with E-state index in [9.17, 15) is 14.4 Å². The number of aliphatic carboxylic acids is 1. The standard InChI is InChI=1S/C21H21ClN2O5S/c1-12(21(27)28)10-19(25)23-14-4-7-16(8-5-14)30-13(2)20(26)24-15-6-9-18(29-3)17(22)11-15/h4-11,13H,1-3H3,(H,23,25)(H,24,26)(H,27,28)/b12-10+/t13-/m1/s1. The molecule has 2 amide bonds. The molecule has 0 fully saturated rings. The molecular formula is C21H21ClN2O5S. The molecule has 0 aliphatic heterocycles. The number of ether oxygens (including phenoxy) is 1. The van der Waals surface area contributed by atoms with E-state index in [1.165, 1.54) is 25.8 Å². The number of hydrogen-bond acceptors (Lipinski definition) is 5. The van der Waals surface area contributed by atoms with Crippen LogP contribution in [0.15, 0.2) is 59.0 Å². The fourth-order valence-corrected chi connectivity index (χ4v) is 3.42. The zero-order valence-electron chi connectivity index (χ0n) is 16.6. The fraction of sp³-hybridized carbons (Fsp3) is 0.190. The number of rotatable bonds is 8. The Kier molecular flexibility index (Phi) is 8.32. The third-order valence-corrected chi connectivity index (χ3v) is 5.32. The van der Waals surface area contributed by atoms with Crippen LogP contribution < -0.4 is 15.4 Å². The van der Waals surface area contributed by atoms with Gasteiger partial charge < -0.3 is 20.5 Å². The number of amides is 2. The molecule has 0 aliphatic rings. The van der Waals surface area contributed by atoms with E-state index < -0.39 is 11.9 Å². The van der Waals surface area contributed by atoms with Gasteiger partial charge in [-0.1, -0.05) is 11.6 Å². The second-order valence-corrected chi connectivity index (χ2v) is 8.07. The summed E-state index contributed by atoms with van der Waals surface area (Å²) in [6.07, 6.45) is 1.02. The first-order valence-electron chi connectivity index (χ1n) is 8.83. The van der Waals surface area contributed by atoms with Crippen LogP contribution >= 0.6 is 23.4 Å². The number of carbonyl (C=O) groups is 3. The van der Waals surface area contributed by atoms with Crippen molar-refractivity contribution in [2.45, 2.75) is 24.0 Å². The SMILES string of the molecule is COc1ccc(NC(=O)[C@@H](C)Sc2ccc(NC(=O)/C=C(\C)C(=O)O)cc2)cc1Cl. The van der Waals surface area contributed by atoms with Gasteiger partial charge >= 0.3 is 5.97 Å². The van der Waals surface area contributed by atoms with E-state index in [0.29, 0.717) is 22.1 Å². The highest BCUT2D eigenvalue weighted by Gasteiger charge is 2.15. The van der Waals surface area contributed by atoms with Gasteiger partial charge in [-0.2, -0.15) is 0 Å². The molecule has 9 heteroatoms. The maximum Gasteiger partial charge on any atom is 0.331 e. The second kappa shape index (κ2) is 10.7. The molecule has 0 saturated carbocycles. The Bertz CT molecular complexity index is 976. The van der Waals surface area contributed by atoms with Gasteiger partial charge in [0.2, 0.25) is 11.8 Å². The Morgan fingerprint density at radius 1 is 1.10 bits per heavy atom. The van der Waals surface area contributed by atoms with E-state index in [0.717, 1.165) is 11.0 Å². The maximum absolute atomic E-state index is 12.4. The Hall–Kier alpha value is -2.97. The van der Waals surface area contributed by atoms with Gasteiger partial charge in [-0.25, -0.2) is 4.79 Å². The first-order chi connectivity index (χ1) is 14.2. The monoisotopic (exact) mass is 448 g/mol. The minimum absolute atomic E-state index is 0.0577. The van der Waals surface area contributed by atoms with Crippen molar-refractivity contribution < 1.29 is 24.2 Å². The van der Waals surface area contributed by atoms with E-state index in [2.05, 4.69) is 10.6 Å². The number of anilines is 2. The Labute approximate surface area is 183 Å². The molecule has 0 radical (unpaired) electrons. The van der Waals surface area contributed by atoms with Crippen molar-refractivity contribution in [3.05, 3.63) is 59.1 Å². The summed E-state index contributed by atoms with van der Waals surface area (Å²) in [5, 5.41) is 14.2. The lowest BCUT2D eigenvalue weighted by atomic mass is 10.2. The summed E-state index contributed by atoms with van der Waals surface area (Å²) in [6.45, 7) is 3.12. The van der Waals surface area contributed by atoms with Gasteiger partial charge in [0.05, 0.1) is 17.4 Å². The molecule has 7 nitrogen and oxygen atoms in total. The van der Waals surface area contributed by atoms with Crippen molar-refractivity contribution in [2.75, 3.05) is 17.7 Å². The highest BCUT2D eigenvalue weighted by atomic mass is 35.5. The van der Waals surface area contributed by atoms with Crippen molar-refractivity contribution in [3.63, 3.8) is 0 Å². The highest BCUT2D eigenvalue weighted by Crippen LogP contribution is 2.29. The van der Waals surface area contributed by atoms with E-state index in [-0.39, 0.29) is 16.7 Å². The summed E-state index contributed by atoms with van der Waals surface area (Å²) in [5.74, 6) is -1.34. The van der Waals surface area contributed by atoms with Crippen molar-refractivity contribution in [1.29, 1.82) is 0 Å². The van der Waals surface area contributed by atoms with E-state index in [4.69, 9.17) is 21.4 Å². The third-order valence-electron chi connectivity index (χ3n) is 3.91. The number of carboxylic acid groups (broad SMARTS) is 1. The number of hydrogen-bond donors (Lipinski definition) is 3. The smallest absolute Gasteiger partial charge is 0.331 e. The number of carboxylic acids is 1. The Morgan fingerprint density at radius 3 is 2.30 bits per heavy atom. The van der Waals surface area contributed by atoms with Crippen LogP contribution in [0.1, 0.15) is 13.8 Å². The van der Waals surface area contributed by atoms with Crippen LogP contribution in [-0.2, 0) is 14.4 Å². The lowest BCUT2D eigenvalue weighted by Gasteiger charge is -2.13. The average molecular weight is 449 g/mol. The zero-order chi connectivity index (χ0) is 22.3. The molecule has 2 aromatic carbocycles. The van der Waals surface area contributed by atoms with Crippen LogP contribution in [0.5, 0.6) is 5.75 Å². The average Bonchev–Trinajstić information content (AvgIpc) is 2.69. The lowest BCUT2D eigenvalue weighted by molar-refractivity contribution is -0.132. The molecule has 0 spiro atoms. The summed E-state index contributed by atoms with van der Waals surface area (Å²) < 4.78 is 5.09. The Morgan fingerprint density at radius 2 is 1.73 bits per heavy atom. The third kappa shape index (κ3) is 6.82. The molecule has 0 bridgehead atoms. The lowest BCUT2D eigenvalue weighted by Crippen LogP contribution is -2.22. The molecule has 0 aromatic heterocycles. The number of carbonyl (C=O) groups excluding carboxylic acids is 2. The first-order valence-corrected chi connectivity index (χ1v) is 10.1. The molecule has 0 unspecified atom stereocenters. The summed E-state index contributed by atoms with van der Waals surface area (Å²) in [6, 6.07) is 11.9. The van der Waals surface area contributed by atoms with E-state index in [1.54, 1.807) is 49.4 Å². The summed E-state index contributed by atoms with van der Waals surface area (Å²) >= 11 is 7.43. The minimum Gasteiger partial charge on any atom is -0.495 e. The molecule has 3 N–H and O–H groups in total. The van der Waals surface area contributed by atoms with Gasteiger partial charge in [0.1, 0.15) is 5.75 Å². The van der Waals surface area contributed by atoms with Gasteiger partial charge in [-0.3, -0.25) is 9.59 Å². The quantitative estimate of drug-likeness (QED) is 0.407. The van der Waals surface area contributed by atoms with Crippen molar-refractivity contribution in [1.82, 2.24) is 0 Å². The van der Waals surface area contributed by atoms with Gasteiger partial charge in [0.25, 0.3) is 0 Å². The summed E-state index contributed by atoms with van der Waals surface area (Å²) in [4.78, 5) is 35.8. The first kappa shape index (κ1) is 23.3. The molecule has 30 heavy (non-hydrogen) atoms. The van der Waals surface area contributed by atoms with Crippen molar-refractivity contribution >= 4 is 52.5 Å². The van der Waals surface area contributed by atoms with Crippen molar-refractivity contribution in [3.8, 4) is 5.75 Å². The Balaban J connectivity index is 1.93. The number of nitrogens with one attached hydrogen (secondary N) is 2. The molecule has 0 heterocycles.